The molecule has 2 unspecified atom stereocenters. The van der Waals surface area contributed by atoms with Crippen LogP contribution in [0.3, 0.4) is 0 Å². The van der Waals surface area contributed by atoms with Crippen molar-refractivity contribution in [3.8, 4) is 0 Å². The highest BCUT2D eigenvalue weighted by molar-refractivity contribution is 5.76. The van der Waals surface area contributed by atoms with Crippen molar-refractivity contribution in [1.82, 2.24) is 5.32 Å². The number of amides is 1. The number of hydrogen-bond acceptors (Lipinski definition) is 3. The van der Waals surface area contributed by atoms with Gasteiger partial charge >= 0.3 is 0 Å². The van der Waals surface area contributed by atoms with Crippen molar-refractivity contribution >= 4 is 5.91 Å². The molecule has 2 atom stereocenters. The molecule has 0 aromatic heterocycles. The molecule has 0 aromatic carbocycles. The zero-order valence-electron chi connectivity index (χ0n) is 43.6. The van der Waals surface area contributed by atoms with Gasteiger partial charge in [-0.1, -0.05) is 307 Å². The van der Waals surface area contributed by atoms with Crippen molar-refractivity contribution in [1.29, 1.82) is 0 Å². The lowest BCUT2D eigenvalue weighted by atomic mass is 10.0. The summed E-state index contributed by atoms with van der Waals surface area (Å²) in [5.74, 6) is -0.0729. The Morgan fingerprint density at radius 2 is 0.609 bits per heavy atom. The summed E-state index contributed by atoms with van der Waals surface area (Å²) in [6.45, 7) is 4.30. The third kappa shape index (κ3) is 51.6. The van der Waals surface area contributed by atoms with Crippen LogP contribution >= 0.6 is 0 Å². The smallest absolute Gasteiger partial charge is 0.220 e. The van der Waals surface area contributed by atoms with Gasteiger partial charge < -0.3 is 15.5 Å². The Hall–Kier alpha value is -1.39. The molecule has 4 heteroatoms. The number of carbonyl (C=O) groups excluding carboxylic acids is 1. The molecule has 1 amide bonds. The van der Waals surface area contributed by atoms with Gasteiger partial charge in [0.15, 0.2) is 0 Å². The Bertz CT molecular complexity index is 974. The van der Waals surface area contributed by atoms with E-state index in [1.54, 1.807) is 6.08 Å². The predicted molar refractivity (Wildman–Crippen MR) is 285 cm³/mol. The maximum atomic E-state index is 12.4. The molecule has 0 heterocycles. The number of carbonyl (C=O) groups is 1. The Morgan fingerprint density at radius 1 is 0.359 bits per heavy atom. The third-order valence-corrected chi connectivity index (χ3v) is 13.6. The van der Waals surface area contributed by atoms with Crippen LogP contribution < -0.4 is 5.32 Å². The van der Waals surface area contributed by atoms with Crippen molar-refractivity contribution in [2.75, 3.05) is 6.61 Å². The molecule has 0 spiro atoms. The lowest BCUT2D eigenvalue weighted by Gasteiger charge is -2.19. The van der Waals surface area contributed by atoms with Gasteiger partial charge in [-0.05, 0) is 44.9 Å². The van der Waals surface area contributed by atoms with Crippen LogP contribution in [0.15, 0.2) is 36.5 Å². The van der Waals surface area contributed by atoms with Crippen molar-refractivity contribution in [3.05, 3.63) is 36.5 Å². The number of rotatable bonds is 54. The average molecular weight is 899 g/mol. The number of nitrogens with one attached hydrogen (secondary N) is 1. The van der Waals surface area contributed by atoms with E-state index in [4.69, 9.17) is 0 Å². The van der Waals surface area contributed by atoms with Gasteiger partial charge in [-0.15, -0.1) is 0 Å². The summed E-state index contributed by atoms with van der Waals surface area (Å²) >= 11 is 0. The van der Waals surface area contributed by atoms with E-state index in [9.17, 15) is 15.0 Å². The number of hydrogen-bond donors (Lipinski definition) is 3. The van der Waals surface area contributed by atoms with Gasteiger partial charge in [-0.2, -0.15) is 0 Å². The number of allylic oxidation sites excluding steroid dienone is 5. The molecule has 0 saturated heterocycles. The lowest BCUT2D eigenvalue weighted by molar-refractivity contribution is -0.123. The van der Waals surface area contributed by atoms with E-state index >= 15 is 0 Å². The summed E-state index contributed by atoms with van der Waals surface area (Å²) < 4.78 is 0. The zero-order valence-corrected chi connectivity index (χ0v) is 43.6. The van der Waals surface area contributed by atoms with Gasteiger partial charge in [-0.3, -0.25) is 4.79 Å². The predicted octanol–water partition coefficient (Wildman–Crippen LogP) is 19.3. The second-order valence-corrected chi connectivity index (χ2v) is 20.1. The van der Waals surface area contributed by atoms with Crippen LogP contribution in [0.5, 0.6) is 0 Å². The first-order valence-electron chi connectivity index (χ1n) is 29.2. The van der Waals surface area contributed by atoms with Gasteiger partial charge in [0, 0.05) is 6.42 Å². The molecule has 0 aliphatic rings. The molecular weight excluding hydrogens is 783 g/mol. The fraction of sp³-hybridized carbons (Fsp3) is 0.883. The first-order chi connectivity index (χ1) is 31.7. The minimum absolute atomic E-state index is 0.0729. The fourth-order valence-corrected chi connectivity index (χ4v) is 9.16. The normalized spacial score (nSPS) is 13.0. The van der Waals surface area contributed by atoms with Gasteiger partial charge in [-0.25, -0.2) is 0 Å². The Labute approximate surface area is 402 Å². The van der Waals surface area contributed by atoms with Crippen LogP contribution in [0.1, 0.15) is 322 Å². The lowest BCUT2D eigenvalue weighted by Crippen LogP contribution is -2.45. The van der Waals surface area contributed by atoms with Crippen molar-refractivity contribution in [3.63, 3.8) is 0 Å². The van der Waals surface area contributed by atoms with Crippen LogP contribution in [0.4, 0.5) is 0 Å². The summed E-state index contributed by atoms with van der Waals surface area (Å²) in [6, 6.07) is -0.643. The molecule has 0 fully saturated rings. The maximum absolute atomic E-state index is 12.4. The average Bonchev–Trinajstić information content (AvgIpc) is 3.30. The van der Waals surface area contributed by atoms with Crippen LogP contribution in [0, 0.1) is 0 Å². The molecule has 0 bridgehead atoms. The molecule has 0 aliphatic heterocycles. The summed E-state index contributed by atoms with van der Waals surface area (Å²) in [6.07, 6.45) is 76.2. The summed E-state index contributed by atoms with van der Waals surface area (Å²) in [7, 11) is 0. The second kappa shape index (κ2) is 55.9. The topological polar surface area (TPSA) is 69.6 Å². The SMILES string of the molecule is CCCCCCC/C=C/CC/C=C/CC/C=C/C(O)C(CO)NC(=O)CCCCCCCCCCCCCCCCCCCCCCCCCCCCCCCCCCCCCCC. The van der Waals surface area contributed by atoms with Crippen LogP contribution in [0.2, 0.25) is 0 Å². The molecular formula is C60H115NO3. The number of aliphatic hydroxyl groups is 2. The van der Waals surface area contributed by atoms with Crippen LogP contribution in [-0.2, 0) is 4.79 Å². The van der Waals surface area contributed by atoms with Gasteiger partial charge in [0.1, 0.15) is 0 Å². The number of unbranched alkanes of at least 4 members (excludes halogenated alkanes) is 43. The summed E-state index contributed by atoms with van der Waals surface area (Å²) in [5.41, 5.74) is 0. The van der Waals surface area contributed by atoms with E-state index in [1.807, 2.05) is 6.08 Å². The third-order valence-electron chi connectivity index (χ3n) is 13.6. The fourth-order valence-electron chi connectivity index (χ4n) is 9.16. The van der Waals surface area contributed by atoms with E-state index in [0.29, 0.717) is 6.42 Å². The van der Waals surface area contributed by atoms with E-state index in [1.165, 1.54) is 263 Å². The maximum Gasteiger partial charge on any atom is 0.220 e. The molecule has 64 heavy (non-hydrogen) atoms. The molecule has 0 radical (unpaired) electrons. The zero-order chi connectivity index (χ0) is 46.3. The van der Waals surface area contributed by atoms with Gasteiger partial charge in [0.2, 0.25) is 5.91 Å². The second-order valence-electron chi connectivity index (χ2n) is 20.1. The van der Waals surface area contributed by atoms with E-state index in [0.717, 1.165) is 38.5 Å². The molecule has 4 nitrogen and oxygen atoms in total. The number of aliphatic hydroxyl groups excluding tert-OH is 2. The Kier molecular flexibility index (Phi) is 54.7. The van der Waals surface area contributed by atoms with Crippen molar-refractivity contribution in [2.45, 2.75) is 334 Å². The molecule has 0 aromatic rings. The Balaban J connectivity index is 3.39. The monoisotopic (exact) mass is 898 g/mol. The standard InChI is InChI=1S/C60H115NO3/c1-3-5-7-9-11-13-15-17-19-20-21-22-23-24-25-26-27-28-29-30-31-32-33-34-35-36-37-38-39-40-42-44-46-48-50-52-54-56-60(64)61-58(57-62)59(63)55-53-51-49-47-45-43-41-18-16-14-12-10-8-6-4-2/h16,18,45,47,53,55,58-59,62-63H,3-15,17,19-44,46,48-52,54,56-57H2,1-2H3,(H,61,64)/b18-16+,47-45+,55-53+. The van der Waals surface area contributed by atoms with Crippen molar-refractivity contribution < 1.29 is 15.0 Å². The largest absolute Gasteiger partial charge is 0.394 e. The highest BCUT2D eigenvalue weighted by atomic mass is 16.3. The molecule has 0 aliphatic carbocycles. The molecule has 378 valence electrons. The summed E-state index contributed by atoms with van der Waals surface area (Å²) in [4.78, 5) is 12.4. The molecule has 0 saturated carbocycles. The quantitative estimate of drug-likeness (QED) is 0.0421. The Morgan fingerprint density at radius 3 is 0.906 bits per heavy atom. The van der Waals surface area contributed by atoms with E-state index < -0.39 is 12.1 Å². The van der Waals surface area contributed by atoms with Crippen LogP contribution in [0.25, 0.3) is 0 Å². The van der Waals surface area contributed by atoms with Crippen LogP contribution in [-0.4, -0.2) is 34.9 Å². The summed E-state index contributed by atoms with van der Waals surface area (Å²) in [5, 5.41) is 23.1. The highest BCUT2D eigenvalue weighted by Crippen LogP contribution is 2.18. The highest BCUT2D eigenvalue weighted by Gasteiger charge is 2.18. The van der Waals surface area contributed by atoms with E-state index in [2.05, 4.69) is 43.5 Å². The van der Waals surface area contributed by atoms with Gasteiger partial charge in [0.05, 0.1) is 18.8 Å². The minimum Gasteiger partial charge on any atom is -0.394 e. The molecule has 0 rings (SSSR count). The first kappa shape index (κ1) is 62.6. The molecule has 3 N–H and O–H groups in total. The van der Waals surface area contributed by atoms with E-state index in [-0.39, 0.29) is 12.5 Å². The van der Waals surface area contributed by atoms with Gasteiger partial charge in [0.25, 0.3) is 0 Å². The van der Waals surface area contributed by atoms with Crippen molar-refractivity contribution in [2.24, 2.45) is 0 Å². The minimum atomic E-state index is -0.868. The first-order valence-corrected chi connectivity index (χ1v) is 29.2.